The molecule has 0 bridgehead atoms. The summed E-state index contributed by atoms with van der Waals surface area (Å²) in [6.07, 6.45) is 3.66. The first kappa shape index (κ1) is 12.5. The maximum absolute atomic E-state index is 6.09. The summed E-state index contributed by atoms with van der Waals surface area (Å²) in [4.78, 5) is 5.30. The minimum atomic E-state index is -0.0868. The van der Waals surface area contributed by atoms with Crippen molar-refractivity contribution in [2.75, 3.05) is 5.75 Å². The van der Waals surface area contributed by atoms with E-state index in [1.165, 1.54) is 0 Å². The molecule has 0 saturated carbocycles. The highest BCUT2D eigenvalue weighted by Crippen LogP contribution is 2.28. The molecule has 5 heteroatoms. The number of rotatable bonds is 4. The standard InChI is InChI=1S/C12H14ClN3S/c1-16-7-6-15-12(16)10(14)8-17-11-5-3-2-4-9(11)13/h2-7,10H,8,14H2,1H3. The van der Waals surface area contributed by atoms with Gasteiger partial charge in [-0.3, -0.25) is 0 Å². The molecule has 0 fully saturated rings. The van der Waals surface area contributed by atoms with Crippen molar-refractivity contribution < 1.29 is 0 Å². The molecule has 17 heavy (non-hydrogen) atoms. The summed E-state index contributed by atoms with van der Waals surface area (Å²) in [5.41, 5.74) is 6.09. The van der Waals surface area contributed by atoms with Crippen LogP contribution < -0.4 is 5.73 Å². The molecule has 1 aromatic heterocycles. The second kappa shape index (κ2) is 5.58. The van der Waals surface area contributed by atoms with Crippen LogP contribution in [0.3, 0.4) is 0 Å². The summed E-state index contributed by atoms with van der Waals surface area (Å²) in [7, 11) is 1.95. The largest absolute Gasteiger partial charge is 0.337 e. The fraction of sp³-hybridized carbons (Fsp3) is 0.250. The summed E-state index contributed by atoms with van der Waals surface area (Å²) < 4.78 is 1.94. The van der Waals surface area contributed by atoms with E-state index < -0.39 is 0 Å². The van der Waals surface area contributed by atoms with Crippen molar-refractivity contribution in [3.05, 3.63) is 47.5 Å². The third-order valence-corrected chi connectivity index (χ3v) is 4.08. The Bertz CT molecular complexity index is 498. The molecule has 2 aromatic rings. The minimum absolute atomic E-state index is 0.0868. The van der Waals surface area contributed by atoms with E-state index in [-0.39, 0.29) is 6.04 Å². The summed E-state index contributed by atoms with van der Waals surface area (Å²) in [6, 6.07) is 7.69. The first-order chi connectivity index (χ1) is 8.18. The zero-order chi connectivity index (χ0) is 12.3. The molecule has 0 aliphatic rings. The molecular formula is C12H14ClN3S. The molecule has 3 nitrogen and oxygen atoms in total. The molecule has 0 aliphatic carbocycles. The first-order valence-electron chi connectivity index (χ1n) is 5.28. The number of nitrogens with zero attached hydrogens (tertiary/aromatic N) is 2. The third-order valence-electron chi connectivity index (χ3n) is 2.45. The number of imidazole rings is 1. The molecule has 0 radical (unpaired) electrons. The van der Waals surface area contributed by atoms with Gasteiger partial charge in [-0.25, -0.2) is 4.98 Å². The predicted molar refractivity (Wildman–Crippen MR) is 72.3 cm³/mol. The van der Waals surface area contributed by atoms with Crippen LogP contribution in [0.1, 0.15) is 11.9 Å². The van der Waals surface area contributed by atoms with Gasteiger partial charge < -0.3 is 10.3 Å². The van der Waals surface area contributed by atoms with Crippen LogP contribution in [0.25, 0.3) is 0 Å². The molecule has 0 amide bonds. The molecule has 90 valence electrons. The van der Waals surface area contributed by atoms with Crippen LogP contribution in [-0.2, 0) is 7.05 Å². The second-order valence-electron chi connectivity index (χ2n) is 3.74. The molecule has 0 spiro atoms. The van der Waals surface area contributed by atoms with Gasteiger partial charge >= 0.3 is 0 Å². The van der Waals surface area contributed by atoms with E-state index in [1.807, 2.05) is 42.1 Å². The molecule has 2 N–H and O–H groups in total. The molecular weight excluding hydrogens is 254 g/mol. The Kier molecular flexibility index (Phi) is 4.10. The Morgan fingerprint density at radius 1 is 1.47 bits per heavy atom. The Labute approximate surface area is 110 Å². The lowest BCUT2D eigenvalue weighted by Gasteiger charge is -2.11. The van der Waals surface area contributed by atoms with Gasteiger partial charge in [-0.05, 0) is 12.1 Å². The van der Waals surface area contributed by atoms with Gasteiger partial charge in [-0.15, -0.1) is 11.8 Å². The third kappa shape index (κ3) is 3.03. The van der Waals surface area contributed by atoms with Gasteiger partial charge in [0, 0.05) is 30.1 Å². The van der Waals surface area contributed by atoms with Gasteiger partial charge in [-0.1, -0.05) is 23.7 Å². The van der Waals surface area contributed by atoms with E-state index in [4.69, 9.17) is 17.3 Å². The highest BCUT2D eigenvalue weighted by atomic mass is 35.5. The van der Waals surface area contributed by atoms with Gasteiger partial charge in [0.1, 0.15) is 5.82 Å². The van der Waals surface area contributed by atoms with E-state index in [9.17, 15) is 0 Å². The molecule has 0 aliphatic heterocycles. The smallest absolute Gasteiger partial charge is 0.126 e. The van der Waals surface area contributed by atoms with Crippen LogP contribution in [0.2, 0.25) is 5.02 Å². The highest BCUT2D eigenvalue weighted by molar-refractivity contribution is 7.99. The van der Waals surface area contributed by atoms with Crippen molar-refractivity contribution >= 4 is 23.4 Å². The van der Waals surface area contributed by atoms with Gasteiger partial charge in [0.25, 0.3) is 0 Å². The second-order valence-corrected chi connectivity index (χ2v) is 5.21. The van der Waals surface area contributed by atoms with Crippen LogP contribution >= 0.6 is 23.4 Å². The highest BCUT2D eigenvalue weighted by Gasteiger charge is 2.11. The van der Waals surface area contributed by atoms with Crippen LogP contribution in [0.4, 0.5) is 0 Å². The maximum Gasteiger partial charge on any atom is 0.126 e. The summed E-state index contributed by atoms with van der Waals surface area (Å²) in [6.45, 7) is 0. The van der Waals surface area contributed by atoms with E-state index in [0.29, 0.717) is 0 Å². The lowest BCUT2D eigenvalue weighted by Crippen LogP contribution is -2.17. The monoisotopic (exact) mass is 267 g/mol. The zero-order valence-corrected chi connectivity index (χ0v) is 11.1. The number of benzene rings is 1. The van der Waals surface area contributed by atoms with Crippen molar-refractivity contribution in [1.29, 1.82) is 0 Å². The average Bonchev–Trinajstić information content (AvgIpc) is 2.74. The Hall–Kier alpha value is -0.970. The topological polar surface area (TPSA) is 43.8 Å². The van der Waals surface area contributed by atoms with Gasteiger partial charge in [0.15, 0.2) is 0 Å². The van der Waals surface area contributed by atoms with Crippen molar-refractivity contribution in [2.45, 2.75) is 10.9 Å². The maximum atomic E-state index is 6.09. The Morgan fingerprint density at radius 3 is 2.88 bits per heavy atom. The summed E-state index contributed by atoms with van der Waals surface area (Å²) in [5, 5.41) is 0.768. The van der Waals surface area contributed by atoms with Crippen molar-refractivity contribution in [2.24, 2.45) is 12.8 Å². The minimum Gasteiger partial charge on any atom is -0.337 e. The fourth-order valence-corrected chi connectivity index (χ4v) is 2.74. The average molecular weight is 268 g/mol. The summed E-state index contributed by atoms with van der Waals surface area (Å²) >= 11 is 7.73. The normalized spacial score (nSPS) is 12.6. The Morgan fingerprint density at radius 2 is 2.24 bits per heavy atom. The number of thioether (sulfide) groups is 1. The van der Waals surface area contributed by atoms with Crippen LogP contribution in [-0.4, -0.2) is 15.3 Å². The van der Waals surface area contributed by atoms with Crippen LogP contribution in [0.15, 0.2) is 41.6 Å². The van der Waals surface area contributed by atoms with E-state index in [0.717, 1.165) is 21.5 Å². The number of nitrogens with two attached hydrogens (primary N) is 1. The van der Waals surface area contributed by atoms with Crippen molar-refractivity contribution in [3.63, 3.8) is 0 Å². The van der Waals surface area contributed by atoms with Crippen LogP contribution in [0.5, 0.6) is 0 Å². The van der Waals surface area contributed by atoms with E-state index in [2.05, 4.69) is 4.98 Å². The molecule has 2 rings (SSSR count). The lowest BCUT2D eigenvalue weighted by molar-refractivity contribution is 0.694. The SMILES string of the molecule is Cn1ccnc1C(N)CSc1ccccc1Cl. The number of hydrogen-bond acceptors (Lipinski definition) is 3. The summed E-state index contributed by atoms with van der Waals surface area (Å²) in [5.74, 6) is 1.65. The predicted octanol–water partition coefficient (Wildman–Crippen LogP) is 2.87. The molecule has 1 aromatic carbocycles. The molecule has 0 saturated heterocycles. The quantitative estimate of drug-likeness (QED) is 0.867. The van der Waals surface area contributed by atoms with Gasteiger partial charge in [-0.2, -0.15) is 0 Å². The number of aryl methyl sites for hydroxylation is 1. The number of halogens is 1. The molecule has 1 heterocycles. The Balaban J connectivity index is 2.00. The molecule has 1 unspecified atom stereocenters. The van der Waals surface area contributed by atoms with E-state index in [1.54, 1.807) is 18.0 Å². The molecule has 1 atom stereocenters. The van der Waals surface area contributed by atoms with Crippen molar-refractivity contribution in [1.82, 2.24) is 9.55 Å². The van der Waals surface area contributed by atoms with Crippen molar-refractivity contribution in [3.8, 4) is 0 Å². The lowest BCUT2D eigenvalue weighted by atomic mass is 10.3. The van der Waals surface area contributed by atoms with E-state index >= 15 is 0 Å². The number of aromatic nitrogens is 2. The number of hydrogen-bond donors (Lipinski definition) is 1. The zero-order valence-electron chi connectivity index (χ0n) is 9.51. The van der Waals surface area contributed by atoms with Gasteiger partial charge in [0.2, 0.25) is 0 Å². The fourth-order valence-electron chi connectivity index (χ4n) is 1.55. The van der Waals surface area contributed by atoms with Crippen LogP contribution in [0, 0.1) is 0 Å². The van der Waals surface area contributed by atoms with Gasteiger partial charge in [0.05, 0.1) is 11.1 Å². The first-order valence-corrected chi connectivity index (χ1v) is 6.65.